The number of ether oxygens (including phenoxy) is 2. The molecule has 0 spiro atoms. The van der Waals surface area contributed by atoms with Crippen molar-refractivity contribution in [1.29, 1.82) is 0 Å². The molecule has 2 nitrogen and oxygen atoms in total. The number of halogens is 1. The van der Waals surface area contributed by atoms with Crippen LogP contribution in [0.25, 0.3) is 0 Å². The van der Waals surface area contributed by atoms with Gasteiger partial charge in [0.05, 0.1) is 13.2 Å². The van der Waals surface area contributed by atoms with Crippen LogP contribution in [0.3, 0.4) is 0 Å². The summed E-state index contributed by atoms with van der Waals surface area (Å²) in [6.45, 7) is 3.48. The van der Waals surface area contributed by atoms with Crippen molar-refractivity contribution in [3.05, 3.63) is 59.7 Å². The standard InChI is InChI=1S/C18H19BrO2/c1-2-20-14-9-7-13(8-10-14)18(19)16-11-12-21-17-6-4-3-5-15(16)17/h3-10,16,18H,2,11-12H2,1H3. The summed E-state index contributed by atoms with van der Waals surface area (Å²) in [4.78, 5) is 0.290. The quantitative estimate of drug-likeness (QED) is 0.718. The number of rotatable bonds is 4. The summed E-state index contributed by atoms with van der Waals surface area (Å²) < 4.78 is 11.3. The molecule has 2 aromatic rings. The predicted molar refractivity (Wildman–Crippen MR) is 88.6 cm³/mol. The zero-order chi connectivity index (χ0) is 14.7. The lowest BCUT2D eigenvalue weighted by Crippen LogP contribution is -2.17. The molecule has 21 heavy (non-hydrogen) atoms. The number of hydrogen-bond acceptors (Lipinski definition) is 2. The van der Waals surface area contributed by atoms with Crippen molar-refractivity contribution < 1.29 is 9.47 Å². The van der Waals surface area contributed by atoms with Crippen molar-refractivity contribution in [2.75, 3.05) is 13.2 Å². The van der Waals surface area contributed by atoms with Crippen molar-refractivity contribution in [3.63, 3.8) is 0 Å². The van der Waals surface area contributed by atoms with E-state index in [1.54, 1.807) is 0 Å². The van der Waals surface area contributed by atoms with Crippen LogP contribution < -0.4 is 9.47 Å². The Labute approximate surface area is 134 Å². The van der Waals surface area contributed by atoms with Gasteiger partial charge in [-0.25, -0.2) is 0 Å². The van der Waals surface area contributed by atoms with Gasteiger partial charge in [0, 0.05) is 10.7 Å². The van der Waals surface area contributed by atoms with Crippen molar-refractivity contribution in [2.24, 2.45) is 0 Å². The summed E-state index contributed by atoms with van der Waals surface area (Å²) >= 11 is 3.88. The monoisotopic (exact) mass is 346 g/mol. The van der Waals surface area contributed by atoms with Crippen molar-refractivity contribution in [1.82, 2.24) is 0 Å². The van der Waals surface area contributed by atoms with Crippen LogP contribution in [-0.4, -0.2) is 13.2 Å². The molecular weight excluding hydrogens is 328 g/mol. The molecule has 0 aromatic heterocycles. The third-order valence-corrected chi connectivity index (χ3v) is 5.03. The first-order valence-corrected chi connectivity index (χ1v) is 8.29. The van der Waals surface area contributed by atoms with Crippen LogP contribution in [0.4, 0.5) is 0 Å². The molecule has 0 fully saturated rings. The molecular formula is C18H19BrO2. The predicted octanol–water partition coefficient (Wildman–Crippen LogP) is 5.09. The van der Waals surface area contributed by atoms with E-state index in [0.717, 1.165) is 24.5 Å². The Hall–Kier alpha value is -1.48. The largest absolute Gasteiger partial charge is 0.494 e. The van der Waals surface area contributed by atoms with E-state index in [4.69, 9.17) is 9.47 Å². The maximum Gasteiger partial charge on any atom is 0.122 e. The first-order chi connectivity index (χ1) is 10.3. The summed E-state index contributed by atoms with van der Waals surface area (Å²) in [5.74, 6) is 2.38. The maximum atomic E-state index is 5.75. The van der Waals surface area contributed by atoms with E-state index in [0.29, 0.717) is 17.4 Å². The summed E-state index contributed by atoms with van der Waals surface area (Å²) in [6.07, 6.45) is 1.03. The molecule has 110 valence electrons. The first-order valence-electron chi connectivity index (χ1n) is 7.38. The molecule has 0 bridgehead atoms. The minimum atomic E-state index is 0.290. The van der Waals surface area contributed by atoms with Gasteiger partial charge in [0.25, 0.3) is 0 Å². The third-order valence-electron chi connectivity index (χ3n) is 3.87. The van der Waals surface area contributed by atoms with Gasteiger partial charge < -0.3 is 9.47 Å². The van der Waals surface area contributed by atoms with Crippen LogP contribution in [0.1, 0.15) is 35.2 Å². The van der Waals surface area contributed by atoms with E-state index in [1.165, 1.54) is 11.1 Å². The smallest absolute Gasteiger partial charge is 0.122 e. The molecule has 3 heteroatoms. The molecule has 1 aliphatic heterocycles. The molecule has 0 saturated carbocycles. The van der Waals surface area contributed by atoms with Gasteiger partial charge >= 0.3 is 0 Å². The molecule has 2 unspecified atom stereocenters. The van der Waals surface area contributed by atoms with E-state index in [2.05, 4.69) is 46.3 Å². The van der Waals surface area contributed by atoms with Crippen molar-refractivity contribution in [2.45, 2.75) is 24.1 Å². The van der Waals surface area contributed by atoms with Crippen LogP contribution in [0.5, 0.6) is 11.5 Å². The van der Waals surface area contributed by atoms with Gasteiger partial charge in [-0.1, -0.05) is 46.3 Å². The number of para-hydroxylation sites is 1. The fraction of sp³-hybridized carbons (Fsp3) is 0.333. The first kappa shape index (κ1) is 14.5. The van der Waals surface area contributed by atoms with E-state index >= 15 is 0 Å². The Kier molecular flexibility index (Phi) is 4.49. The van der Waals surface area contributed by atoms with E-state index in [1.807, 2.05) is 25.1 Å². The SMILES string of the molecule is CCOc1ccc(C(Br)C2CCOc3ccccc32)cc1. The highest BCUT2D eigenvalue weighted by molar-refractivity contribution is 9.09. The van der Waals surface area contributed by atoms with E-state index < -0.39 is 0 Å². The Morgan fingerprint density at radius 3 is 2.71 bits per heavy atom. The average molecular weight is 347 g/mol. The van der Waals surface area contributed by atoms with Gasteiger partial charge in [-0.2, -0.15) is 0 Å². The van der Waals surface area contributed by atoms with Crippen LogP contribution in [0, 0.1) is 0 Å². The van der Waals surface area contributed by atoms with E-state index in [-0.39, 0.29) is 0 Å². The second-order valence-corrected chi connectivity index (χ2v) is 6.17. The molecule has 2 aromatic carbocycles. The number of hydrogen-bond donors (Lipinski definition) is 0. The minimum absolute atomic E-state index is 0.290. The van der Waals surface area contributed by atoms with Crippen molar-refractivity contribution >= 4 is 15.9 Å². The highest BCUT2D eigenvalue weighted by Gasteiger charge is 2.28. The van der Waals surface area contributed by atoms with Gasteiger partial charge in [-0.15, -0.1) is 0 Å². The third kappa shape index (κ3) is 3.08. The molecule has 1 heterocycles. The van der Waals surface area contributed by atoms with Crippen LogP contribution in [0.15, 0.2) is 48.5 Å². The topological polar surface area (TPSA) is 18.5 Å². The summed E-state index contributed by atoms with van der Waals surface area (Å²) in [6, 6.07) is 16.7. The fourth-order valence-electron chi connectivity index (χ4n) is 2.82. The molecule has 0 aliphatic carbocycles. The normalized spacial score (nSPS) is 18.5. The Morgan fingerprint density at radius 2 is 1.95 bits per heavy atom. The van der Waals surface area contributed by atoms with Crippen LogP contribution in [0.2, 0.25) is 0 Å². The molecule has 0 radical (unpaired) electrons. The average Bonchev–Trinajstić information content (AvgIpc) is 2.55. The van der Waals surface area contributed by atoms with Gasteiger partial charge in [0.15, 0.2) is 0 Å². The molecule has 0 amide bonds. The lowest BCUT2D eigenvalue weighted by Gasteiger charge is -2.29. The second kappa shape index (κ2) is 6.52. The molecule has 0 saturated heterocycles. The Morgan fingerprint density at radius 1 is 1.19 bits per heavy atom. The zero-order valence-corrected chi connectivity index (χ0v) is 13.7. The Bertz CT molecular complexity index is 594. The highest BCUT2D eigenvalue weighted by Crippen LogP contribution is 2.45. The summed E-state index contributed by atoms with van der Waals surface area (Å²) in [5.41, 5.74) is 2.57. The number of alkyl halides is 1. The van der Waals surface area contributed by atoms with Crippen LogP contribution >= 0.6 is 15.9 Å². The van der Waals surface area contributed by atoms with Gasteiger partial charge in [-0.3, -0.25) is 0 Å². The summed E-state index contributed by atoms with van der Waals surface area (Å²) in [7, 11) is 0. The van der Waals surface area contributed by atoms with E-state index in [9.17, 15) is 0 Å². The lowest BCUT2D eigenvalue weighted by molar-refractivity contribution is 0.266. The fourth-order valence-corrected chi connectivity index (χ4v) is 3.67. The van der Waals surface area contributed by atoms with Crippen molar-refractivity contribution in [3.8, 4) is 11.5 Å². The van der Waals surface area contributed by atoms with Gasteiger partial charge in [-0.05, 0) is 42.7 Å². The second-order valence-electron chi connectivity index (χ2n) is 5.19. The van der Waals surface area contributed by atoms with Gasteiger partial charge in [0.2, 0.25) is 0 Å². The minimum Gasteiger partial charge on any atom is -0.494 e. The highest BCUT2D eigenvalue weighted by atomic mass is 79.9. The zero-order valence-electron chi connectivity index (χ0n) is 12.1. The molecule has 2 atom stereocenters. The number of fused-ring (bicyclic) bond motifs is 1. The lowest BCUT2D eigenvalue weighted by atomic mass is 9.87. The maximum absolute atomic E-state index is 5.75. The van der Waals surface area contributed by atoms with Gasteiger partial charge in [0.1, 0.15) is 11.5 Å². The molecule has 0 N–H and O–H groups in total. The number of benzene rings is 2. The van der Waals surface area contributed by atoms with Crippen LogP contribution in [-0.2, 0) is 0 Å². The summed E-state index contributed by atoms with van der Waals surface area (Å²) in [5, 5.41) is 0. The Balaban J connectivity index is 1.84. The molecule has 1 aliphatic rings. The molecule has 3 rings (SSSR count).